The van der Waals surface area contributed by atoms with E-state index in [1.165, 1.54) is 385 Å². The van der Waals surface area contributed by atoms with Gasteiger partial charge in [-0.1, -0.05) is 427 Å². The highest BCUT2D eigenvalue weighted by Gasteiger charge is 1.99. The molecular weight excluding hydrogens is 793 g/mol. The molecule has 0 aliphatic heterocycles. The summed E-state index contributed by atoms with van der Waals surface area (Å²) in [5.41, 5.74) is 0. The molecule has 0 aliphatic rings. The molecule has 0 spiro atoms. The van der Waals surface area contributed by atoms with Crippen LogP contribution in [0.15, 0.2) is 0 Å². The van der Waals surface area contributed by atoms with Crippen molar-refractivity contribution in [2.75, 3.05) is 0 Å². The highest BCUT2D eigenvalue weighted by molar-refractivity contribution is 4.54. The van der Waals surface area contributed by atoms with Gasteiger partial charge in [-0.25, -0.2) is 0 Å². The fourth-order valence-corrected chi connectivity index (χ4v) is 9.99. The molecule has 0 bridgehead atoms. The van der Waals surface area contributed by atoms with Crippen LogP contribution >= 0.6 is 0 Å². The SMILES string of the molecule is CCCCCCCC.CCCCCCCCCCCCCCCCCCCCCC.CCCCCCCCCCCCCCCCCCCCCCCCCCCCCCCCCCCC. The predicted octanol–water partition coefficient (Wildman–Crippen LogP) is 26.5. The van der Waals surface area contributed by atoms with Gasteiger partial charge >= 0.3 is 0 Å². The minimum absolute atomic E-state index is 1.36. The van der Waals surface area contributed by atoms with E-state index >= 15 is 0 Å². The Balaban J connectivity index is -0.00000111. The fraction of sp³-hybridized carbons (Fsp3) is 1.00. The van der Waals surface area contributed by atoms with Gasteiger partial charge in [-0.3, -0.25) is 0 Å². The average Bonchev–Trinajstić information content (AvgIpc) is 3.33. The third-order valence-corrected chi connectivity index (χ3v) is 14.9. The second-order valence-electron chi connectivity index (χ2n) is 22.1. The van der Waals surface area contributed by atoms with Gasteiger partial charge in [0, 0.05) is 0 Å². The first-order chi connectivity index (χ1) is 32.7. The lowest BCUT2D eigenvalue weighted by molar-refractivity contribution is 0.511. The molecule has 0 radical (unpaired) electrons. The monoisotopic (exact) mass is 931 g/mol. The molecule has 0 atom stereocenters. The van der Waals surface area contributed by atoms with Crippen LogP contribution in [-0.2, 0) is 0 Å². The lowest BCUT2D eigenvalue weighted by Crippen LogP contribution is -1.85. The van der Waals surface area contributed by atoms with Crippen LogP contribution in [0.4, 0.5) is 0 Å². The Kier molecular flexibility index (Phi) is 78.7. The minimum atomic E-state index is 1.36. The van der Waals surface area contributed by atoms with E-state index in [4.69, 9.17) is 0 Å². The summed E-state index contributed by atoms with van der Waals surface area (Å²) in [6.45, 7) is 13.7. The zero-order valence-corrected chi connectivity index (χ0v) is 48.4. The van der Waals surface area contributed by atoms with Crippen LogP contribution in [0, 0.1) is 0 Å². The van der Waals surface area contributed by atoms with Crippen molar-refractivity contribution >= 4 is 0 Å². The second kappa shape index (κ2) is 74.0. The molecule has 66 heavy (non-hydrogen) atoms. The molecule has 0 amide bonds. The summed E-state index contributed by atoms with van der Waals surface area (Å²) in [7, 11) is 0. The topological polar surface area (TPSA) is 0 Å². The average molecular weight is 932 g/mol. The van der Waals surface area contributed by atoms with Crippen LogP contribution in [0.2, 0.25) is 0 Å². The standard InChI is InChI=1S/C36H74.C22H46.C8H18/c1-3-5-7-9-11-13-15-17-19-21-23-25-27-29-31-33-35-36-34-32-30-28-26-24-22-20-18-16-14-12-10-8-6-4-2;1-3-5-7-9-11-13-15-17-19-21-22-20-18-16-14-12-10-8-6-4-2;1-3-5-7-8-6-4-2/h3-36H2,1-2H3;3-22H2,1-2H3;3-8H2,1-2H3. The van der Waals surface area contributed by atoms with Crippen LogP contribution in [0.5, 0.6) is 0 Å². The Morgan fingerprint density at radius 3 is 0.167 bits per heavy atom. The van der Waals surface area contributed by atoms with E-state index in [-0.39, 0.29) is 0 Å². The Morgan fingerprint density at radius 1 is 0.0758 bits per heavy atom. The first-order valence-corrected chi connectivity index (χ1v) is 32.7. The quantitative estimate of drug-likeness (QED) is 0.0533. The fourth-order valence-electron chi connectivity index (χ4n) is 9.99. The Bertz CT molecular complexity index is 649. The predicted molar refractivity (Wildman–Crippen MR) is 311 cm³/mol. The minimum Gasteiger partial charge on any atom is -0.0654 e. The summed E-state index contributed by atoms with van der Waals surface area (Å²) in [4.78, 5) is 0. The van der Waals surface area contributed by atoms with Crippen molar-refractivity contribution in [3.8, 4) is 0 Å². The summed E-state index contributed by atoms with van der Waals surface area (Å²) in [6, 6.07) is 0. The third-order valence-electron chi connectivity index (χ3n) is 14.9. The van der Waals surface area contributed by atoms with E-state index in [1.807, 2.05) is 0 Å². The van der Waals surface area contributed by atoms with Gasteiger partial charge < -0.3 is 0 Å². The molecule has 0 N–H and O–H groups in total. The molecule has 0 saturated heterocycles. The number of hydrogen-bond acceptors (Lipinski definition) is 0. The number of rotatable bonds is 57. The van der Waals surface area contributed by atoms with Crippen molar-refractivity contribution in [2.45, 2.75) is 427 Å². The second-order valence-corrected chi connectivity index (χ2v) is 22.1. The van der Waals surface area contributed by atoms with Crippen LogP contribution in [-0.4, -0.2) is 0 Å². The lowest BCUT2D eigenvalue weighted by Gasteiger charge is -2.05. The van der Waals surface area contributed by atoms with Crippen molar-refractivity contribution in [1.29, 1.82) is 0 Å². The number of unbranched alkanes of at least 4 members (excludes halogenated alkanes) is 57. The van der Waals surface area contributed by atoms with Crippen molar-refractivity contribution < 1.29 is 0 Å². The molecule has 0 aromatic heterocycles. The van der Waals surface area contributed by atoms with Crippen molar-refractivity contribution in [3.63, 3.8) is 0 Å². The van der Waals surface area contributed by atoms with Gasteiger partial charge in [0.15, 0.2) is 0 Å². The molecule has 0 aliphatic carbocycles. The summed E-state index contributed by atoms with van der Waals surface area (Å²) >= 11 is 0. The van der Waals surface area contributed by atoms with Gasteiger partial charge in [-0.15, -0.1) is 0 Å². The zero-order valence-electron chi connectivity index (χ0n) is 48.4. The van der Waals surface area contributed by atoms with Crippen LogP contribution in [0.1, 0.15) is 427 Å². The maximum absolute atomic E-state index is 2.31. The van der Waals surface area contributed by atoms with Crippen LogP contribution in [0.3, 0.4) is 0 Å². The largest absolute Gasteiger partial charge is 0.0654 e. The molecule has 402 valence electrons. The Hall–Kier alpha value is 0. The van der Waals surface area contributed by atoms with Gasteiger partial charge in [-0.2, -0.15) is 0 Å². The first kappa shape index (κ1) is 70.3. The molecule has 0 rings (SSSR count). The van der Waals surface area contributed by atoms with E-state index in [2.05, 4.69) is 41.5 Å². The molecule has 0 aromatic carbocycles. The molecule has 0 fully saturated rings. The molecule has 0 nitrogen and oxygen atoms in total. The molecule has 0 heterocycles. The normalized spacial score (nSPS) is 11.2. The highest BCUT2D eigenvalue weighted by Crippen LogP contribution is 2.18. The molecule has 0 aromatic rings. The van der Waals surface area contributed by atoms with E-state index in [0.717, 1.165) is 0 Å². The number of hydrogen-bond donors (Lipinski definition) is 0. The Morgan fingerprint density at radius 2 is 0.121 bits per heavy atom. The molecule has 0 saturated carbocycles. The maximum atomic E-state index is 2.31. The summed E-state index contributed by atoms with van der Waals surface area (Å²) in [5, 5.41) is 0. The van der Waals surface area contributed by atoms with E-state index in [0.29, 0.717) is 0 Å². The zero-order chi connectivity index (χ0) is 48.4. The van der Waals surface area contributed by atoms with Gasteiger partial charge in [0.05, 0.1) is 0 Å². The van der Waals surface area contributed by atoms with Crippen molar-refractivity contribution in [3.05, 3.63) is 0 Å². The van der Waals surface area contributed by atoms with Crippen LogP contribution < -0.4 is 0 Å². The third kappa shape index (κ3) is 78.2. The van der Waals surface area contributed by atoms with E-state index < -0.39 is 0 Å². The van der Waals surface area contributed by atoms with Gasteiger partial charge in [0.2, 0.25) is 0 Å². The van der Waals surface area contributed by atoms with Gasteiger partial charge in [0.1, 0.15) is 0 Å². The Labute approximate surface area is 424 Å². The molecule has 0 heteroatoms. The molecule has 0 unspecified atom stereocenters. The van der Waals surface area contributed by atoms with E-state index in [1.54, 1.807) is 0 Å². The summed E-state index contributed by atoms with van der Waals surface area (Å²) in [6.07, 6.45) is 88.3. The lowest BCUT2D eigenvalue weighted by atomic mass is 10.0. The highest BCUT2D eigenvalue weighted by atomic mass is 14.1. The summed E-state index contributed by atoms with van der Waals surface area (Å²) < 4.78 is 0. The van der Waals surface area contributed by atoms with Crippen LogP contribution in [0.25, 0.3) is 0 Å². The van der Waals surface area contributed by atoms with Crippen molar-refractivity contribution in [1.82, 2.24) is 0 Å². The van der Waals surface area contributed by atoms with Gasteiger partial charge in [0.25, 0.3) is 0 Å². The summed E-state index contributed by atoms with van der Waals surface area (Å²) in [5.74, 6) is 0. The van der Waals surface area contributed by atoms with Crippen molar-refractivity contribution in [2.24, 2.45) is 0 Å². The smallest absolute Gasteiger partial charge is 0.0533 e. The first-order valence-electron chi connectivity index (χ1n) is 32.7. The molecular formula is C66H138. The van der Waals surface area contributed by atoms with E-state index in [9.17, 15) is 0 Å². The van der Waals surface area contributed by atoms with Gasteiger partial charge in [-0.05, 0) is 0 Å². The maximum Gasteiger partial charge on any atom is -0.0533 e.